The van der Waals surface area contributed by atoms with E-state index in [9.17, 15) is 9.50 Å². The molecule has 4 rings (SSSR count). The van der Waals surface area contributed by atoms with Crippen molar-refractivity contribution < 1.29 is 14.2 Å². The molecule has 0 bridgehead atoms. The van der Waals surface area contributed by atoms with Crippen LogP contribution in [-0.2, 0) is 23.2 Å². The van der Waals surface area contributed by atoms with E-state index >= 15 is 0 Å². The number of fused-ring (bicyclic) bond motifs is 1. The molecule has 8 heteroatoms. The van der Waals surface area contributed by atoms with Gasteiger partial charge >= 0.3 is 0 Å². The van der Waals surface area contributed by atoms with Gasteiger partial charge in [0.15, 0.2) is 0 Å². The van der Waals surface area contributed by atoms with Gasteiger partial charge in [-0.25, -0.2) is 4.39 Å². The minimum Gasteiger partial charge on any atom is -0.390 e. The Balaban J connectivity index is 1.48. The quantitative estimate of drug-likeness (QED) is 0.347. The number of benzene rings is 1. The molecule has 38 heavy (non-hydrogen) atoms. The molecule has 1 atom stereocenters. The van der Waals surface area contributed by atoms with Gasteiger partial charge in [0.05, 0.1) is 30.3 Å². The molecule has 3 N–H and O–H groups in total. The maximum atomic E-state index is 13.4. The Bertz CT molecular complexity index is 1080. The number of halogens is 1. The SMILES string of the molecule is C=C(CN1CCNCC1CNCCOCCC)N1CC(C)(C)c2nc(CO)c(Cc3ccc(F)cc3)cc21. The van der Waals surface area contributed by atoms with Gasteiger partial charge in [-0.2, -0.15) is 0 Å². The van der Waals surface area contributed by atoms with Crippen LogP contribution in [0.15, 0.2) is 42.6 Å². The lowest BCUT2D eigenvalue weighted by atomic mass is 9.90. The standard InChI is InChI=1S/C30H44FN5O2/c1-5-13-38-14-11-33-18-26-17-32-10-12-35(26)19-22(2)36-21-30(3,4)29-28(36)16-24(27(20-37)34-29)15-23-6-8-25(31)9-7-23/h6-9,16,26,32-33,37H,2,5,10-15,17-21H2,1,3-4H3. The lowest BCUT2D eigenvalue weighted by Gasteiger charge is -2.38. The van der Waals surface area contributed by atoms with Crippen LogP contribution in [0.25, 0.3) is 0 Å². The van der Waals surface area contributed by atoms with E-state index in [1.165, 1.54) is 12.1 Å². The minimum atomic E-state index is -0.251. The molecule has 1 unspecified atom stereocenters. The maximum Gasteiger partial charge on any atom is 0.123 e. The van der Waals surface area contributed by atoms with E-state index in [0.717, 1.165) is 93.7 Å². The summed E-state index contributed by atoms with van der Waals surface area (Å²) >= 11 is 0. The third kappa shape index (κ3) is 6.98. The molecule has 0 amide bonds. The molecule has 1 aromatic carbocycles. The number of hydrogen-bond donors (Lipinski definition) is 3. The normalized spacial score (nSPS) is 19.1. The topological polar surface area (TPSA) is 72.9 Å². The number of pyridine rings is 1. The second-order valence-electron chi connectivity index (χ2n) is 11.1. The van der Waals surface area contributed by atoms with Gasteiger partial charge in [-0.05, 0) is 42.2 Å². The highest BCUT2D eigenvalue weighted by atomic mass is 19.1. The molecular formula is C30H44FN5O2. The number of aliphatic hydroxyl groups excluding tert-OH is 1. The zero-order valence-corrected chi connectivity index (χ0v) is 23.2. The van der Waals surface area contributed by atoms with Crippen LogP contribution < -0.4 is 15.5 Å². The van der Waals surface area contributed by atoms with Gasteiger partial charge in [0.2, 0.25) is 0 Å². The molecular weight excluding hydrogens is 481 g/mol. The van der Waals surface area contributed by atoms with E-state index in [1.54, 1.807) is 12.1 Å². The Morgan fingerprint density at radius 1 is 1.29 bits per heavy atom. The van der Waals surface area contributed by atoms with E-state index in [0.29, 0.717) is 18.2 Å². The molecule has 1 fully saturated rings. The first-order valence-corrected chi connectivity index (χ1v) is 13.9. The molecule has 0 saturated carbocycles. The minimum absolute atomic E-state index is 0.125. The second-order valence-corrected chi connectivity index (χ2v) is 11.1. The van der Waals surface area contributed by atoms with Gasteiger partial charge in [0, 0.05) is 69.6 Å². The highest BCUT2D eigenvalue weighted by Gasteiger charge is 2.39. The van der Waals surface area contributed by atoms with Gasteiger partial charge in [0.1, 0.15) is 5.82 Å². The molecule has 1 aromatic heterocycles. The number of aliphatic hydroxyl groups is 1. The monoisotopic (exact) mass is 525 g/mol. The summed E-state index contributed by atoms with van der Waals surface area (Å²) in [5.41, 5.74) is 5.58. The van der Waals surface area contributed by atoms with E-state index in [1.807, 2.05) is 0 Å². The number of piperazine rings is 1. The molecule has 0 radical (unpaired) electrons. The van der Waals surface area contributed by atoms with Crippen molar-refractivity contribution in [3.63, 3.8) is 0 Å². The fraction of sp³-hybridized carbons (Fsp3) is 0.567. The van der Waals surface area contributed by atoms with Crippen molar-refractivity contribution in [3.05, 3.63) is 70.9 Å². The van der Waals surface area contributed by atoms with Crippen LogP contribution in [0, 0.1) is 5.82 Å². The maximum absolute atomic E-state index is 13.4. The summed E-state index contributed by atoms with van der Waals surface area (Å²) < 4.78 is 19.0. The van der Waals surface area contributed by atoms with Gasteiger partial charge in [0.25, 0.3) is 0 Å². The molecule has 208 valence electrons. The van der Waals surface area contributed by atoms with E-state index in [4.69, 9.17) is 9.72 Å². The molecule has 2 aliphatic rings. The van der Waals surface area contributed by atoms with Crippen molar-refractivity contribution in [1.82, 2.24) is 20.5 Å². The highest BCUT2D eigenvalue weighted by Crippen LogP contribution is 2.42. The number of ether oxygens (including phenoxy) is 1. The molecule has 0 aliphatic carbocycles. The van der Waals surface area contributed by atoms with Crippen LogP contribution in [0.3, 0.4) is 0 Å². The number of rotatable bonds is 13. The fourth-order valence-corrected chi connectivity index (χ4v) is 5.43. The van der Waals surface area contributed by atoms with E-state index in [2.05, 4.69) is 53.8 Å². The highest BCUT2D eigenvalue weighted by molar-refractivity contribution is 5.65. The summed E-state index contributed by atoms with van der Waals surface area (Å²) in [6.07, 6.45) is 1.63. The zero-order chi connectivity index (χ0) is 27.1. The summed E-state index contributed by atoms with van der Waals surface area (Å²) in [6, 6.07) is 9.07. The predicted octanol–water partition coefficient (Wildman–Crippen LogP) is 3.21. The van der Waals surface area contributed by atoms with Crippen molar-refractivity contribution in [3.8, 4) is 0 Å². The number of hydrogen-bond acceptors (Lipinski definition) is 7. The fourth-order valence-electron chi connectivity index (χ4n) is 5.43. The first-order valence-electron chi connectivity index (χ1n) is 13.9. The number of anilines is 1. The second kappa shape index (κ2) is 13.1. The third-order valence-corrected chi connectivity index (χ3v) is 7.50. The van der Waals surface area contributed by atoms with Crippen LogP contribution in [0.5, 0.6) is 0 Å². The Kier molecular flexibility index (Phi) is 9.90. The van der Waals surface area contributed by atoms with Crippen molar-refractivity contribution in [1.29, 1.82) is 0 Å². The van der Waals surface area contributed by atoms with Crippen LogP contribution >= 0.6 is 0 Å². The Labute approximate surface area is 227 Å². The molecule has 3 heterocycles. The lowest BCUT2D eigenvalue weighted by molar-refractivity contribution is 0.129. The average Bonchev–Trinajstić information content (AvgIpc) is 3.17. The predicted molar refractivity (Wildman–Crippen MR) is 151 cm³/mol. The van der Waals surface area contributed by atoms with Crippen molar-refractivity contribution in [2.24, 2.45) is 0 Å². The zero-order valence-electron chi connectivity index (χ0n) is 23.2. The van der Waals surface area contributed by atoms with Gasteiger partial charge < -0.3 is 25.4 Å². The summed E-state index contributed by atoms with van der Waals surface area (Å²) in [5, 5.41) is 17.2. The molecule has 2 aliphatic heterocycles. The van der Waals surface area contributed by atoms with Crippen LogP contribution in [0.4, 0.5) is 10.1 Å². The first-order chi connectivity index (χ1) is 18.3. The lowest BCUT2D eigenvalue weighted by Crippen LogP contribution is -2.56. The van der Waals surface area contributed by atoms with Crippen LogP contribution in [0.2, 0.25) is 0 Å². The third-order valence-electron chi connectivity index (χ3n) is 7.50. The first kappa shape index (κ1) is 28.6. The molecule has 0 spiro atoms. The summed E-state index contributed by atoms with van der Waals surface area (Å²) in [7, 11) is 0. The molecule has 7 nitrogen and oxygen atoms in total. The van der Waals surface area contributed by atoms with Crippen molar-refractivity contribution in [2.45, 2.75) is 51.7 Å². The Hall–Kier alpha value is -2.36. The smallest absolute Gasteiger partial charge is 0.123 e. The van der Waals surface area contributed by atoms with Crippen molar-refractivity contribution >= 4 is 5.69 Å². The van der Waals surface area contributed by atoms with Gasteiger partial charge in [-0.3, -0.25) is 9.88 Å². The number of aromatic nitrogens is 1. The van der Waals surface area contributed by atoms with Gasteiger partial charge in [-0.1, -0.05) is 39.5 Å². The molecule has 2 aromatic rings. The van der Waals surface area contributed by atoms with E-state index < -0.39 is 0 Å². The van der Waals surface area contributed by atoms with Crippen LogP contribution in [-0.4, -0.2) is 80.1 Å². The molecule has 1 saturated heterocycles. The van der Waals surface area contributed by atoms with Crippen molar-refractivity contribution in [2.75, 3.05) is 63.9 Å². The summed E-state index contributed by atoms with van der Waals surface area (Å²) in [4.78, 5) is 9.77. The van der Waals surface area contributed by atoms with Crippen LogP contribution in [0.1, 0.15) is 49.7 Å². The Morgan fingerprint density at radius 2 is 2.08 bits per heavy atom. The largest absolute Gasteiger partial charge is 0.390 e. The number of nitrogens with zero attached hydrogens (tertiary/aromatic N) is 3. The van der Waals surface area contributed by atoms with E-state index in [-0.39, 0.29) is 17.8 Å². The average molecular weight is 526 g/mol. The Morgan fingerprint density at radius 3 is 2.82 bits per heavy atom. The number of nitrogens with one attached hydrogen (secondary N) is 2. The summed E-state index contributed by atoms with van der Waals surface area (Å²) in [5.74, 6) is -0.251. The van der Waals surface area contributed by atoms with Gasteiger partial charge in [-0.15, -0.1) is 0 Å². The summed E-state index contributed by atoms with van der Waals surface area (Å²) in [6.45, 7) is 18.7.